The molecule has 4 heterocycles. The van der Waals surface area contributed by atoms with Gasteiger partial charge in [-0.25, -0.2) is 13.2 Å². The van der Waals surface area contributed by atoms with Gasteiger partial charge in [-0.15, -0.1) is 0 Å². The molecule has 11 heteroatoms. The Morgan fingerprint density at radius 1 is 1.10 bits per heavy atom. The molecule has 0 radical (unpaired) electrons. The van der Waals surface area contributed by atoms with Crippen molar-refractivity contribution in [2.75, 3.05) is 19.6 Å². The molecule has 4 aromatic rings. The Bertz CT molecular complexity index is 1640. The number of aromatic amines is 1. The van der Waals surface area contributed by atoms with Gasteiger partial charge in [-0.1, -0.05) is 6.07 Å². The first-order valence-electron chi connectivity index (χ1n) is 13.9. The largest absolute Gasteiger partial charge is 0.348 e. The number of alkyl halides is 1. The fraction of sp³-hybridized carbons (Fsp3) is 0.355. The van der Waals surface area contributed by atoms with Crippen molar-refractivity contribution in [3.63, 3.8) is 0 Å². The minimum Gasteiger partial charge on any atom is -0.348 e. The first kappa shape index (κ1) is 27.9. The van der Waals surface area contributed by atoms with Gasteiger partial charge in [-0.3, -0.25) is 24.6 Å². The second-order valence-electron chi connectivity index (χ2n) is 11.5. The first-order valence-corrected chi connectivity index (χ1v) is 13.9. The number of carbonyl (C=O) groups excluding carboxylic acids is 2. The molecule has 0 saturated carbocycles. The van der Waals surface area contributed by atoms with Gasteiger partial charge in [0.05, 0.1) is 24.6 Å². The summed E-state index contributed by atoms with van der Waals surface area (Å²) in [6, 6.07) is 11.6. The number of aryl methyl sites for hydroxylation is 1. The highest BCUT2D eigenvalue weighted by Crippen LogP contribution is 2.31. The van der Waals surface area contributed by atoms with Crippen LogP contribution in [-0.2, 0) is 11.3 Å². The van der Waals surface area contributed by atoms with E-state index in [1.165, 1.54) is 30.0 Å². The number of H-pyrrole nitrogens is 1. The van der Waals surface area contributed by atoms with E-state index in [-0.39, 0.29) is 49.6 Å². The SMILES string of the molecule is Cc1cc(-c2n[nH]c3ccc(C(=O)N[C@@H]4CC[C@@H](C(=O)N5CC(C)(F)C5)N(Cc5c(F)cccc5F)C4)cc23)ccn1. The van der Waals surface area contributed by atoms with Gasteiger partial charge < -0.3 is 10.2 Å². The van der Waals surface area contributed by atoms with Crippen LogP contribution in [0.3, 0.4) is 0 Å². The maximum absolute atomic E-state index is 14.6. The smallest absolute Gasteiger partial charge is 0.251 e. The molecule has 2 N–H and O–H groups in total. The van der Waals surface area contributed by atoms with E-state index in [0.717, 1.165) is 22.2 Å². The van der Waals surface area contributed by atoms with Crippen molar-refractivity contribution in [1.82, 2.24) is 30.3 Å². The molecule has 6 rings (SSSR count). The Balaban J connectivity index is 1.21. The van der Waals surface area contributed by atoms with Crippen LogP contribution in [0.5, 0.6) is 0 Å². The summed E-state index contributed by atoms with van der Waals surface area (Å²) < 4.78 is 43.3. The third kappa shape index (κ3) is 5.48. The van der Waals surface area contributed by atoms with Crippen LogP contribution >= 0.6 is 0 Å². The molecule has 2 atom stereocenters. The molecule has 218 valence electrons. The predicted octanol–water partition coefficient (Wildman–Crippen LogP) is 4.54. The molecule has 0 spiro atoms. The maximum atomic E-state index is 14.6. The number of nitrogens with one attached hydrogen (secondary N) is 2. The molecule has 8 nitrogen and oxygen atoms in total. The highest BCUT2D eigenvalue weighted by molar-refractivity contribution is 6.01. The lowest BCUT2D eigenvalue weighted by Crippen LogP contribution is -2.64. The summed E-state index contributed by atoms with van der Waals surface area (Å²) in [7, 11) is 0. The van der Waals surface area contributed by atoms with Crippen LogP contribution in [0, 0.1) is 18.6 Å². The van der Waals surface area contributed by atoms with Gasteiger partial charge in [0.25, 0.3) is 5.91 Å². The van der Waals surface area contributed by atoms with E-state index in [4.69, 9.17) is 0 Å². The van der Waals surface area contributed by atoms with Crippen LogP contribution in [0.25, 0.3) is 22.2 Å². The van der Waals surface area contributed by atoms with Gasteiger partial charge in [-0.05, 0) is 69.2 Å². The lowest BCUT2D eigenvalue weighted by Gasteiger charge is -2.47. The first-order chi connectivity index (χ1) is 20.1. The van der Waals surface area contributed by atoms with Gasteiger partial charge in [0.1, 0.15) is 23.0 Å². The summed E-state index contributed by atoms with van der Waals surface area (Å²) in [4.78, 5) is 34.1. The number of nitrogens with zero attached hydrogens (tertiary/aromatic N) is 4. The van der Waals surface area contributed by atoms with Gasteiger partial charge in [0.15, 0.2) is 0 Å². The number of hydrogen-bond donors (Lipinski definition) is 2. The number of halogens is 3. The van der Waals surface area contributed by atoms with E-state index >= 15 is 0 Å². The minimum absolute atomic E-state index is 0.0120. The van der Waals surface area contributed by atoms with Gasteiger partial charge in [0.2, 0.25) is 5.91 Å². The fourth-order valence-corrected chi connectivity index (χ4v) is 5.96. The third-order valence-corrected chi connectivity index (χ3v) is 8.08. The maximum Gasteiger partial charge on any atom is 0.251 e. The number of hydrogen-bond acceptors (Lipinski definition) is 5. The zero-order valence-electron chi connectivity index (χ0n) is 23.3. The molecule has 0 unspecified atom stereocenters. The van der Waals surface area contributed by atoms with E-state index in [1.54, 1.807) is 29.3 Å². The number of benzene rings is 2. The third-order valence-electron chi connectivity index (χ3n) is 8.08. The van der Waals surface area contributed by atoms with E-state index in [2.05, 4.69) is 20.5 Å². The number of fused-ring (bicyclic) bond motifs is 1. The Morgan fingerprint density at radius 3 is 2.57 bits per heavy atom. The molecule has 2 aromatic heterocycles. The van der Waals surface area contributed by atoms with Crippen LogP contribution in [0.4, 0.5) is 13.2 Å². The number of piperidine rings is 1. The second kappa shape index (κ2) is 10.9. The second-order valence-corrected chi connectivity index (χ2v) is 11.5. The molecule has 2 aromatic carbocycles. The lowest BCUT2D eigenvalue weighted by atomic mass is 9.92. The number of likely N-dealkylation sites (tertiary alicyclic amines) is 2. The molecule has 2 fully saturated rings. The number of pyridine rings is 1. The van der Waals surface area contributed by atoms with Crippen molar-refractivity contribution < 1.29 is 22.8 Å². The Hall–Kier alpha value is -4.25. The predicted molar refractivity (Wildman–Crippen MR) is 151 cm³/mol. The Kier molecular flexibility index (Phi) is 7.22. The summed E-state index contributed by atoms with van der Waals surface area (Å²) >= 11 is 0. The van der Waals surface area contributed by atoms with Crippen molar-refractivity contribution in [3.8, 4) is 11.3 Å². The minimum atomic E-state index is -1.44. The van der Waals surface area contributed by atoms with Gasteiger partial charge in [0, 0.05) is 53.1 Å². The van der Waals surface area contributed by atoms with Gasteiger partial charge >= 0.3 is 0 Å². The number of amides is 2. The van der Waals surface area contributed by atoms with Crippen LogP contribution < -0.4 is 5.32 Å². The van der Waals surface area contributed by atoms with E-state index in [9.17, 15) is 22.8 Å². The number of aromatic nitrogens is 3. The highest BCUT2D eigenvalue weighted by atomic mass is 19.1. The highest BCUT2D eigenvalue weighted by Gasteiger charge is 2.45. The monoisotopic (exact) mass is 576 g/mol. The molecular formula is C31H31F3N6O2. The summed E-state index contributed by atoms with van der Waals surface area (Å²) in [5, 5.41) is 11.3. The van der Waals surface area contributed by atoms with E-state index < -0.39 is 23.3 Å². The van der Waals surface area contributed by atoms with Crippen molar-refractivity contribution in [3.05, 3.63) is 83.2 Å². The zero-order valence-corrected chi connectivity index (χ0v) is 23.3. The summed E-state index contributed by atoms with van der Waals surface area (Å²) in [5.41, 5.74) is 2.06. The normalized spacial score (nSPS) is 20.4. The molecule has 0 aliphatic carbocycles. The summed E-state index contributed by atoms with van der Waals surface area (Å²) in [5.74, 6) is -1.99. The number of carbonyl (C=O) groups is 2. The quantitative estimate of drug-likeness (QED) is 0.352. The Morgan fingerprint density at radius 2 is 1.86 bits per heavy atom. The van der Waals surface area contributed by atoms with Crippen LogP contribution in [0.1, 0.15) is 41.4 Å². The number of rotatable bonds is 6. The standard InChI is InChI=1S/C31H31F3N6O2/c1-18-12-19(10-11-35-18)28-22-13-20(6-8-26(22)37-38-28)29(41)36-21-7-9-27(30(42)40-16-31(2,34)17-40)39(14-21)15-23-24(32)4-3-5-25(23)33/h3-6,8,10-13,21,27H,7,9,14-17H2,1-2H3,(H,36,41)(H,37,38)/t21-,27+/m1/s1. The molecular weight excluding hydrogens is 545 g/mol. The average molecular weight is 577 g/mol. The van der Waals surface area contributed by atoms with E-state index in [0.29, 0.717) is 24.1 Å². The summed E-state index contributed by atoms with van der Waals surface area (Å²) in [6.07, 6.45) is 2.54. The molecule has 2 aliphatic rings. The van der Waals surface area contributed by atoms with Crippen molar-refractivity contribution in [1.29, 1.82) is 0 Å². The van der Waals surface area contributed by atoms with Crippen LogP contribution in [0.15, 0.2) is 54.7 Å². The van der Waals surface area contributed by atoms with Crippen molar-refractivity contribution in [2.45, 2.75) is 51.0 Å². The molecule has 2 aliphatic heterocycles. The summed E-state index contributed by atoms with van der Waals surface area (Å²) in [6.45, 7) is 3.36. The van der Waals surface area contributed by atoms with Crippen LogP contribution in [0.2, 0.25) is 0 Å². The van der Waals surface area contributed by atoms with Crippen molar-refractivity contribution in [2.24, 2.45) is 0 Å². The van der Waals surface area contributed by atoms with E-state index in [1.807, 2.05) is 19.1 Å². The molecule has 2 amide bonds. The fourth-order valence-electron chi connectivity index (χ4n) is 5.96. The van der Waals surface area contributed by atoms with Crippen molar-refractivity contribution >= 4 is 22.7 Å². The van der Waals surface area contributed by atoms with Crippen LogP contribution in [-0.4, -0.2) is 74.2 Å². The Labute approximate surface area is 240 Å². The van der Waals surface area contributed by atoms with Gasteiger partial charge in [-0.2, -0.15) is 5.10 Å². The molecule has 42 heavy (non-hydrogen) atoms. The average Bonchev–Trinajstić information content (AvgIpc) is 3.37. The zero-order chi connectivity index (χ0) is 29.6. The topological polar surface area (TPSA) is 94.2 Å². The molecule has 0 bridgehead atoms. The lowest BCUT2D eigenvalue weighted by molar-refractivity contribution is -0.151. The molecule has 2 saturated heterocycles.